The van der Waals surface area contributed by atoms with E-state index in [1.807, 2.05) is 0 Å². The largest absolute Gasteiger partial charge is 0.491 e. The van der Waals surface area contributed by atoms with Gasteiger partial charge in [0.15, 0.2) is 0 Å². The highest BCUT2D eigenvalue weighted by atomic mass is 16.5. The standard InChI is InChI=1S/C25H30N2O8/c1-16(28)26-20-10-8-18(14-22(20)34-12-4-6-24(30)31)19-9-11-21(27-17(2)29)23(15-19)35-13-5-7-25(32)33-3/h8-11,14-15H,4-7,12-13H2,1-3H3,(H,26,28)(H,27,29)(H,30,31). The van der Waals surface area contributed by atoms with Crippen molar-refractivity contribution in [3.8, 4) is 22.6 Å². The van der Waals surface area contributed by atoms with Crippen LogP contribution >= 0.6 is 0 Å². The van der Waals surface area contributed by atoms with Gasteiger partial charge in [0, 0.05) is 26.7 Å². The third-order valence-electron chi connectivity index (χ3n) is 4.72. The molecule has 0 aromatic heterocycles. The highest BCUT2D eigenvalue weighted by Gasteiger charge is 2.13. The fourth-order valence-corrected chi connectivity index (χ4v) is 3.13. The number of anilines is 2. The van der Waals surface area contributed by atoms with Crippen molar-refractivity contribution >= 4 is 35.1 Å². The van der Waals surface area contributed by atoms with E-state index in [1.165, 1.54) is 21.0 Å². The molecule has 2 rings (SSSR count). The quantitative estimate of drug-likeness (QED) is 0.286. The van der Waals surface area contributed by atoms with Gasteiger partial charge >= 0.3 is 11.9 Å². The molecule has 0 unspecified atom stereocenters. The molecule has 35 heavy (non-hydrogen) atoms. The second-order valence-corrected chi connectivity index (χ2v) is 7.66. The van der Waals surface area contributed by atoms with Gasteiger partial charge in [-0.05, 0) is 48.2 Å². The third-order valence-corrected chi connectivity index (χ3v) is 4.72. The second kappa shape index (κ2) is 13.6. The second-order valence-electron chi connectivity index (χ2n) is 7.66. The zero-order valence-electron chi connectivity index (χ0n) is 20.0. The minimum absolute atomic E-state index is 0.0313. The molecular formula is C25H30N2O8. The molecule has 2 aromatic rings. The number of benzene rings is 2. The number of rotatable bonds is 13. The third kappa shape index (κ3) is 9.36. The molecule has 0 saturated carbocycles. The van der Waals surface area contributed by atoms with Crippen LogP contribution in [0.1, 0.15) is 39.5 Å². The van der Waals surface area contributed by atoms with Crippen LogP contribution in [0.4, 0.5) is 11.4 Å². The van der Waals surface area contributed by atoms with E-state index in [9.17, 15) is 19.2 Å². The van der Waals surface area contributed by atoms with E-state index in [2.05, 4.69) is 15.4 Å². The van der Waals surface area contributed by atoms with E-state index in [0.29, 0.717) is 35.7 Å². The van der Waals surface area contributed by atoms with Crippen LogP contribution in [-0.2, 0) is 23.9 Å². The van der Waals surface area contributed by atoms with Crippen molar-refractivity contribution in [3.05, 3.63) is 36.4 Å². The molecule has 10 heteroatoms. The van der Waals surface area contributed by atoms with Gasteiger partial charge in [0.05, 0.1) is 31.7 Å². The van der Waals surface area contributed by atoms with Gasteiger partial charge < -0.3 is 30.0 Å². The molecule has 0 radical (unpaired) electrons. The number of amides is 2. The molecule has 3 N–H and O–H groups in total. The summed E-state index contributed by atoms with van der Waals surface area (Å²) in [5.74, 6) is -0.946. The number of methoxy groups -OCH3 is 1. The Bertz CT molecular complexity index is 1070. The monoisotopic (exact) mass is 486 g/mol. The molecule has 2 amide bonds. The van der Waals surface area contributed by atoms with Gasteiger partial charge in [-0.15, -0.1) is 0 Å². The van der Waals surface area contributed by atoms with Crippen LogP contribution in [0.25, 0.3) is 11.1 Å². The highest BCUT2D eigenvalue weighted by Crippen LogP contribution is 2.35. The number of carbonyl (C=O) groups excluding carboxylic acids is 3. The van der Waals surface area contributed by atoms with Crippen LogP contribution in [0.5, 0.6) is 11.5 Å². The topological polar surface area (TPSA) is 140 Å². The Morgan fingerprint density at radius 3 is 1.63 bits per heavy atom. The molecule has 0 aliphatic rings. The first-order valence-electron chi connectivity index (χ1n) is 11.1. The highest BCUT2D eigenvalue weighted by molar-refractivity contribution is 5.92. The van der Waals surface area contributed by atoms with Crippen molar-refractivity contribution < 1.29 is 38.5 Å². The Morgan fingerprint density at radius 1 is 0.771 bits per heavy atom. The number of nitrogens with one attached hydrogen (secondary N) is 2. The van der Waals surface area contributed by atoms with Crippen molar-refractivity contribution in [2.45, 2.75) is 39.5 Å². The Hall–Kier alpha value is -4.08. The summed E-state index contributed by atoms with van der Waals surface area (Å²) in [4.78, 5) is 45.3. The maximum absolute atomic E-state index is 11.6. The average molecular weight is 487 g/mol. The van der Waals surface area contributed by atoms with Crippen LogP contribution in [0.2, 0.25) is 0 Å². The molecule has 0 heterocycles. The van der Waals surface area contributed by atoms with Crippen molar-refractivity contribution in [2.75, 3.05) is 31.0 Å². The summed E-state index contributed by atoms with van der Waals surface area (Å²) in [5, 5.41) is 14.2. The number of esters is 1. The Balaban J connectivity index is 2.29. The maximum Gasteiger partial charge on any atom is 0.305 e. The SMILES string of the molecule is COC(=O)CCCOc1cc(-c2ccc(NC(C)=O)c(OCCCC(=O)O)c2)ccc1NC(C)=O. The lowest BCUT2D eigenvalue weighted by Gasteiger charge is -2.16. The minimum Gasteiger partial charge on any atom is -0.491 e. The summed E-state index contributed by atoms with van der Waals surface area (Å²) in [7, 11) is 1.32. The Morgan fingerprint density at radius 2 is 1.23 bits per heavy atom. The van der Waals surface area contributed by atoms with E-state index in [0.717, 1.165) is 11.1 Å². The number of carbonyl (C=O) groups is 4. The van der Waals surface area contributed by atoms with E-state index >= 15 is 0 Å². The Kier molecular flexibility index (Phi) is 10.5. The summed E-state index contributed by atoms with van der Waals surface area (Å²) in [6.07, 6.45) is 0.930. The lowest BCUT2D eigenvalue weighted by atomic mass is 10.0. The van der Waals surface area contributed by atoms with Gasteiger partial charge in [0.2, 0.25) is 11.8 Å². The van der Waals surface area contributed by atoms with E-state index in [1.54, 1.807) is 36.4 Å². The van der Waals surface area contributed by atoms with E-state index < -0.39 is 5.97 Å². The first kappa shape index (κ1) is 27.2. The lowest BCUT2D eigenvalue weighted by molar-refractivity contribution is -0.141. The van der Waals surface area contributed by atoms with Crippen molar-refractivity contribution in [1.29, 1.82) is 0 Å². The fraction of sp³-hybridized carbons (Fsp3) is 0.360. The molecule has 0 spiro atoms. The predicted octanol–water partition coefficient (Wildman–Crippen LogP) is 3.85. The fourth-order valence-electron chi connectivity index (χ4n) is 3.13. The first-order valence-corrected chi connectivity index (χ1v) is 11.1. The number of aliphatic carboxylic acids is 1. The summed E-state index contributed by atoms with van der Waals surface area (Å²) in [5.41, 5.74) is 2.46. The zero-order valence-corrected chi connectivity index (χ0v) is 20.0. The molecule has 188 valence electrons. The van der Waals surface area contributed by atoms with Crippen molar-refractivity contribution in [3.63, 3.8) is 0 Å². The summed E-state index contributed by atoms with van der Waals surface area (Å²) in [6, 6.07) is 10.5. The summed E-state index contributed by atoms with van der Waals surface area (Å²) >= 11 is 0. The minimum atomic E-state index is -0.914. The summed E-state index contributed by atoms with van der Waals surface area (Å²) in [6.45, 7) is 3.18. The number of hydrogen-bond donors (Lipinski definition) is 3. The van der Waals surface area contributed by atoms with Crippen LogP contribution in [-0.4, -0.2) is 49.2 Å². The molecule has 0 atom stereocenters. The van der Waals surface area contributed by atoms with Gasteiger partial charge in [-0.1, -0.05) is 12.1 Å². The lowest BCUT2D eigenvalue weighted by Crippen LogP contribution is -2.10. The molecular weight excluding hydrogens is 456 g/mol. The predicted molar refractivity (Wildman–Crippen MR) is 130 cm³/mol. The van der Waals surface area contributed by atoms with Crippen molar-refractivity contribution in [1.82, 2.24) is 0 Å². The summed E-state index contributed by atoms with van der Waals surface area (Å²) < 4.78 is 16.2. The van der Waals surface area contributed by atoms with Crippen LogP contribution < -0.4 is 20.1 Å². The molecule has 0 aliphatic heterocycles. The van der Waals surface area contributed by atoms with Gasteiger partial charge in [0.25, 0.3) is 0 Å². The first-order chi connectivity index (χ1) is 16.7. The maximum atomic E-state index is 11.6. The van der Waals surface area contributed by atoms with Crippen LogP contribution in [0, 0.1) is 0 Å². The number of carboxylic acid groups (broad SMARTS) is 1. The number of ether oxygens (including phenoxy) is 3. The van der Waals surface area contributed by atoms with Crippen LogP contribution in [0.3, 0.4) is 0 Å². The molecule has 0 fully saturated rings. The number of carboxylic acids is 1. The van der Waals surface area contributed by atoms with E-state index in [4.69, 9.17) is 14.6 Å². The smallest absolute Gasteiger partial charge is 0.305 e. The molecule has 10 nitrogen and oxygen atoms in total. The van der Waals surface area contributed by atoms with E-state index in [-0.39, 0.29) is 43.8 Å². The molecule has 0 aliphatic carbocycles. The van der Waals surface area contributed by atoms with Gasteiger partial charge in [-0.3, -0.25) is 19.2 Å². The van der Waals surface area contributed by atoms with Crippen molar-refractivity contribution in [2.24, 2.45) is 0 Å². The van der Waals surface area contributed by atoms with Gasteiger partial charge in [-0.2, -0.15) is 0 Å². The number of hydrogen-bond acceptors (Lipinski definition) is 7. The Labute approximate surface area is 203 Å². The van der Waals surface area contributed by atoms with Crippen LogP contribution in [0.15, 0.2) is 36.4 Å². The molecule has 0 bridgehead atoms. The average Bonchev–Trinajstić information content (AvgIpc) is 2.80. The van der Waals surface area contributed by atoms with Gasteiger partial charge in [0.1, 0.15) is 11.5 Å². The molecule has 0 saturated heterocycles. The normalized spacial score (nSPS) is 10.3. The zero-order chi connectivity index (χ0) is 25.8. The van der Waals surface area contributed by atoms with Gasteiger partial charge in [-0.25, -0.2) is 0 Å². The molecule has 2 aromatic carbocycles.